The zero-order chi connectivity index (χ0) is 14.9. The molecule has 0 saturated carbocycles. The molecule has 0 atom stereocenters. The molecule has 3 nitrogen and oxygen atoms in total. The number of rotatable bonds is 2. The van der Waals surface area contributed by atoms with Crippen molar-refractivity contribution in [3.05, 3.63) is 52.8 Å². The highest BCUT2D eigenvalue weighted by atomic mass is 35.5. The van der Waals surface area contributed by atoms with Crippen LogP contribution in [0.15, 0.2) is 36.5 Å². The summed E-state index contributed by atoms with van der Waals surface area (Å²) in [5.74, 6) is -1.35. The first-order chi connectivity index (χ1) is 9.30. The topological polar surface area (TPSA) is 50.2 Å². The third kappa shape index (κ3) is 2.75. The van der Waals surface area contributed by atoms with Gasteiger partial charge in [-0.25, -0.2) is 9.78 Å². The summed E-state index contributed by atoms with van der Waals surface area (Å²) in [5, 5.41) is 8.65. The van der Waals surface area contributed by atoms with Gasteiger partial charge in [0.05, 0.1) is 11.1 Å². The number of benzene rings is 1. The first kappa shape index (κ1) is 14.3. The molecule has 0 saturated heterocycles. The molecule has 7 heteroatoms. The highest BCUT2D eigenvalue weighted by Crippen LogP contribution is 2.37. The van der Waals surface area contributed by atoms with E-state index in [4.69, 9.17) is 16.7 Å². The van der Waals surface area contributed by atoms with Crippen LogP contribution in [-0.2, 0) is 6.18 Å². The zero-order valence-electron chi connectivity index (χ0n) is 9.78. The van der Waals surface area contributed by atoms with Crippen molar-refractivity contribution < 1.29 is 23.1 Å². The van der Waals surface area contributed by atoms with Crippen molar-refractivity contribution in [2.75, 3.05) is 0 Å². The molecule has 0 bridgehead atoms. The predicted octanol–water partition coefficient (Wildman–Crippen LogP) is 4.12. The van der Waals surface area contributed by atoms with Gasteiger partial charge >= 0.3 is 12.1 Å². The Hall–Kier alpha value is -2.08. The number of aromatic nitrogens is 1. The van der Waals surface area contributed by atoms with Crippen LogP contribution in [0.2, 0.25) is 5.15 Å². The fraction of sp³-hybridized carbons (Fsp3) is 0.0769. The number of nitrogens with zero attached hydrogens (tertiary/aromatic N) is 1. The van der Waals surface area contributed by atoms with Gasteiger partial charge in [0.2, 0.25) is 0 Å². The van der Waals surface area contributed by atoms with Gasteiger partial charge < -0.3 is 5.11 Å². The summed E-state index contributed by atoms with van der Waals surface area (Å²) in [4.78, 5) is 14.6. The average molecular weight is 302 g/mol. The summed E-state index contributed by atoms with van der Waals surface area (Å²) in [6.45, 7) is 0. The second kappa shape index (κ2) is 5.13. The van der Waals surface area contributed by atoms with E-state index in [9.17, 15) is 18.0 Å². The summed E-state index contributed by atoms with van der Waals surface area (Å²) < 4.78 is 38.7. The fourth-order valence-electron chi connectivity index (χ4n) is 1.73. The lowest BCUT2D eigenvalue weighted by Crippen LogP contribution is -2.07. The lowest BCUT2D eigenvalue weighted by Gasteiger charge is -2.13. The van der Waals surface area contributed by atoms with E-state index in [1.807, 2.05) is 0 Å². The lowest BCUT2D eigenvalue weighted by molar-refractivity contribution is -0.137. The van der Waals surface area contributed by atoms with E-state index in [-0.39, 0.29) is 21.8 Å². The highest BCUT2D eigenvalue weighted by molar-refractivity contribution is 6.32. The largest absolute Gasteiger partial charge is 0.478 e. The molecule has 2 aromatic rings. The average Bonchev–Trinajstić information content (AvgIpc) is 2.38. The monoisotopic (exact) mass is 301 g/mol. The van der Waals surface area contributed by atoms with Crippen molar-refractivity contribution in [3.63, 3.8) is 0 Å². The van der Waals surface area contributed by atoms with Gasteiger partial charge in [-0.1, -0.05) is 29.8 Å². The Labute approximate surface area is 116 Å². The van der Waals surface area contributed by atoms with Gasteiger partial charge in [0.1, 0.15) is 5.15 Å². The van der Waals surface area contributed by atoms with Crippen molar-refractivity contribution in [1.29, 1.82) is 0 Å². The minimum atomic E-state index is -4.54. The molecule has 1 aromatic carbocycles. The second-order valence-electron chi connectivity index (χ2n) is 3.91. The number of carboxylic acid groups (broad SMARTS) is 1. The number of carbonyl (C=O) groups is 1. The summed E-state index contributed by atoms with van der Waals surface area (Å²) in [7, 11) is 0. The van der Waals surface area contributed by atoms with Crippen LogP contribution >= 0.6 is 11.6 Å². The molecule has 0 unspecified atom stereocenters. The minimum absolute atomic E-state index is 0.0414. The first-order valence-corrected chi connectivity index (χ1v) is 5.74. The predicted molar refractivity (Wildman–Crippen MR) is 66.6 cm³/mol. The number of hydrogen-bond donors (Lipinski definition) is 1. The van der Waals surface area contributed by atoms with Gasteiger partial charge in [-0.3, -0.25) is 0 Å². The number of halogens is 4. The zero-order valence-corrected chi connectivity index (χ0v) is 10.5. The number of alkyl halides is 3. The minimum Gasteiger partial charge on any atom is -0.478 e. The Kier molecular flexibility index (Phi) is 3.67. The SMILES string of the molecule is O=C(O)c1cc(-c2ccccc2C(F)(F)F)cnc1Cl. The van der Waals surface area contributed by atoms with Gasteiger partial charge in [-0.15, -0.1) is 0 Å². The quantitative estimate of drug-likeness (QED) is 0.849. The molecule has 0 amide bonds. The third-order valence-corrected chi connectivity index (χ3v) is 2.91. The van der Waals surface area contributed by atoms with Crippen molar-refractivity contribution in [2.45, 2.75) is 6.18 Å². The molecular formula is C13H7ClF3NO2. The molecule has 0 fully saturated rings. The summed E-state index contributed by atoms with van der Waals surface area (Å²) in [6.07, 6.45) is -3.43. The molecule has 20 heavy (non-hydrogen) atoms. The number of hydrogen-bond acceptors (Lipinski definition) is 2. The normalized spacial score (nSPS) is 11.4. The molecule has 0 radical (unpaired) electrons. The van der Waals surface area contributed by atoms with Crippen LogP contribution in [0.1, 0.15) is 15.9 Å². The van der Waals surface area contributed by atoms with Gasteiger partial charge in [0, 0.05) is 11.8 Å². The van der Waals surface area contributed by atoms with E-state index >= 15 is 0 Å². The van der Waals surface area contributed by atoms with Crippen LogP contribution in [0.5, 0.6) is 0 Å². The lowest BCUT2D eigenvalue weighted by atomic mass is 10.00. The number of pyridine rings is 1. The molecule has 0 aliphatic heterocycles. The fourth-order valence-corrected chi connectivity index (χ4v) is 1.91. The Morgan fingerprint density at radius 2 is 1.90 bits per heavy atom. The molecule has 0 spiro atoms. The van der Waals surface area contributed by atoms with Crippen LogP contribution in [0.3, 0.4) is 0 Å². The molecule has 2 rings (SSSR count). The maximum Gasteiger partial charge on any atom is 0.417 e. The van der Waals surface area contributed by atoms with Gasteiger partial charge in [-0.05, 0) is 17.7 Å². The van der Waals surface area contributed by atoms with E-state index in [1.165, 1.54) is 18.2 Å². The maximum absolute atomic E-state index is 12.9. The van der Waals surface area contributed by atoms with Gasteiger partial charge in [0.15, 0.2) is 0 Å². The van der Waals surface area contributed by atoms with Crippen LogP contribution in [0.25, 0.3) is 11.1 Å². The number of aromatic carboxylic acids is 1. The molecule has 1 aromatic heterocycles. The van der Waals surface area contributed by atoms with Crippen molar-refractivity contribution in [2.24, 2.45) is 0 Å². The Bertz CT molecular complexity index is 671. The van der Waals surface area contributed by atoms with Crippen LogP contribution in [0.4, 0.5) is 13.2 Å². The maximum atomic E-state index is 12.9. The molecule has 104 valence electrons. The van der Waals surface area contributed by atoms with E-state index in [0.717, 1.165) is 18.3 Å². The van der Waals surface area contributed by atoms with Gasteiger partial charge in [-0.2, -0.15) is 13.2 Å². The molecular weight excluding hydrogens is 295 g/mol. The van der Waals surface area contributed by atoms with Crippen molar-refractivity contribution in [1.82, 2.24) is 4.98 Å². The second-order valence-corrected chi connectivity index (χ2v) is 4.27. The van der Waals surface area contributed by atoms with E-state index in [2.05, 4.69) is 4.98 Å². The highest BCUT2D eigenvalue weighted by Gasteiger charge is 2.33. The smallest absolute Gasteiger partial charge is 0.417 e. The molecule has 0 aliphatic carbocycles. The van der Waals surface area contributed by atoms with Crippen molar-refractivity contribution in [3.8, 4) is 11.1 Å². The first-order valence-electron chi connectivity index (χ1n) is 5.36. The van der Waals surface area contributed by atoms with E-state index in [1.54, 1.807) is 0 Å². The van der Waals surface area contributed by atoms with Crippen LogP contribution in [0, 0.1) is 0 Å². The molecule has 1 heterocycles. The standard InChI is InChI=1S/C13H7ClF3NO2/c14-11-9(12(19)20)5-7(6-18-11)8-3-1-2-4-10(8)13(15,16)17/h1-6H,(H,19,20). The number of carboxylic acids is 1. The van der Waals surface area contributed by atoms with Gasteiger partial charge in [0.25, 0.3) is 0 Å². The van der Waals surface area contributed by atoms with Crippen LogP contribution in [-0.4, -0.2) is 16.1 Å². The summed E-state index contributed by atoms with van der Waals surface area (Å²) in [6, 6.07) is 5.93. The van der Waals surface area contributed by atoms with Crippen molar-refractivity contribution >= 4 is 17.6 Å². The summed E-state index contributed by atoms with van der Waals surface area (Å²) in [5.41, 5.74) is -1.31. The Morgan fingerprint density at radius 3 is 2.50 bits per heavy atom. The van der Waals surface area contributed by atoms with Crippen LogP contribution < -0.4 is 0 Å². The molecule has 1 N–H and O–H groups in total. The summed E-state index contributed by atoms with van der Waals surface area (Å²) >= 11 is 5.59. The third-order valence-electron chi connectivity index (χ3n) is 2.61. The molecule has 0 aliphatic rings. The van der Waals surface area contributed by atoms with E-state index in [0.29, 0.717) is 0 Å². The van der Waals surface area contributed by atoms with E-state index < -0.39 is 17.7 Å². The Morgan fingerprint density at radius 1 is 1.25 bits per heavy atom. The Balaban J connectivity index is 2.64.